The molecule has 3 atom stereocenters. The average molecular weight is 321 g/mol. The highest BCUT2D eigenvalue weighted by molar-refractivity contribution is 7.91. The minimum Gasteiger partial charge on any atom is -0.388 e. The van der Waals surface area contributed by atoms with Gasteiger partial charge in [-0.3, -0.25) is 0 Å². The molecule has 0 spiro atoms. The monoisotopic (exact) mass is 320 g/mol. The number of benzene rings is 1. The Balaban J connectivity index is 2.16. The first kappa shape index (κ1) is 15.7. The Kier molecular flexibility index (Phi) is 4.72. The van der Waals surface area contributed by atoms with Gasteiger partial charge in [-0.1, -0.05) is 24.1 Å². The zero-order valence-corrected chi connectivity index (χ0v) is 12.8. The molecule has 20 heavy (non-hydrogen) atoms. The van der Waals surface area contributed by atoms with Crippen LogP contribution in [0.2, 0.25) is 5.02 Å². The van der Waals surface area contributed by atoms with Crippen LogP contribution in [0.25, 0.3) is 0 Å². The van der Waals surface area contributed by atoms with E-state index in [1.54, 1.807) is 6.07 Å². The van der Waals surface area contributed by atoms with Crippen molar-refractivity contribution in [2.75, 3.05) is 6.26 Å². The van der Waals surface area contributed by atoms with Crippen LogP contribution in [0.5, 0.6) is 0 Å². The van der Waals surface area contributed by atoms with Crippen molar-refractivity contribution in [3.05, 3.63) is 34.6 Å². The second kappa shape index (κ2) is 6.00. The highest BCUT2D eigenvalue weighted by Crippen LogP contribution is 2.37. The van der Waals surface area contributed by atoms with Crippen LogP contribution in [0.15, 0.2) is 18.2 Å². The van der Waals surface area contributed by atoms with E-state index in [1.807, 2.05) is 0 Å². The third kappa shape index (κ3) is 3.51. The van der Waals surface area contributed by atoms with E-state index in [9.17, 15) is 17.9 Å². The standard InChI is InChI=1S/C14H18ClFO3S/c1-20(18,19)11-4-2-3-9(7-11)14(17)10-5-6-12(15)13(16)8-10/h5-6,8-9,11,14,17H,2-4,7H2,1H3. The molecule has 0 heterocycles. The van der Waals surface area contributed by atoms with Crippen molar-refractivity contribution in [1.29, 1.82) is 0 Å². The lowest BCUT2D eigenvalue weighted by Gasteiger charge is -2.31. The molecule has 3 nitrogen and oxygen atoms in total. The lowest BCUT2D eigenvalue weighted by molar-refractivity contribution is 0.0854. The highest BCUT2D eigenvalue weighted by Gasteiger charge is 2.33. The summed E-state index contributed by atoms with van der Waals surface area (Å²) in [6, 6.07) is 4.21. The molecule has 1 aliphatic carbocycles. The van der Waals surface area contributed by atoms with Crippen LogP contribution in [-0.4, -0.2) is 25.0 Å². The van der Waals surface area contributed by atoms with E-state index in [0.717, 1.165) is 12.8 Å². The van der Waals surface area contributed by atoms with Crippen LogP contribution >= 0.6 is 11.6 Å². The predicted octanol–water partition coefficient (Wildman–Crippen LogP) is 3.12. The molecule has 3 unspecified atom stereocenters. The average Bonchev–Trinajstić information content (AvgIpc) is 2.40. The van der Waals surface area contributed by atoms with Gasteiger partial charge in [-0.25, -0.2) is 12.8 Å². The number of halogens is 2. The van der Waals surface area contributed by atoms with Crippen LogP contribution < -0.4 is 0 Å². The zero-order chi connectivity index (χ0) is 14.9. The van der Waals surface area contributed by atoms with Gasteiger partial charge in [-0.15, -0.1) is 0 Å². The van der Waals surface area contributed by atoms with Crippen molar-refractivity contribution in [2.45, 2.75) is 37.0 Å². The van der Waals surface area contributed by atoms with Gasteiger partial charge in [0.05, 0.1) is 16.4 Å². The number of sulfone groups is 1. The van der Waals surface area contributed by atoms with E-state index in [0.29, 0.717) is 18.4 Å². The van der Waals surface area contributed by atoms with Gasteiger partial charge in [-0.05, 0) is 42.9 Å². The molecule has 2 rings (SSSR count). The smallest absolute Gasteiger partial charge is 0.150 e. The summed E-state index contributed by atoms with van der Waals surface area (Å²) < 4.78 is 36.7. The predicted molar refractivity (Wildman–Crippen MR) is 77.0 cm³/mol. The normalized spacial score (nSPS) is 25.4. The first-order valence-corrected chi connectivity index (χ1v) is 8.94. The van der Waals surface area contributed by atoms with Gasteiger partial charge >= 0.3 is 0 Å². The molecule has 0 bridgehead atoms. The molecule has 6 heteroatoms. The Bertz CT molecular complexity index is 588. The Labute approximate surface area is 123 Å². The van der Waals surface area contributed by atoms with E-state index >= 15 is 0 Å². The van der Waals surface area contributed by atoms with Crippen LogP contribution in [0, 0.1) is 11.7 Å². The SMILES string of the molecule is CS(=O)(=O)C1CCCC(C(O)c2ccc(Cl)c(F)c2)C1. The fourth-order valence-electron chi connectivity index (χ4n) is 2.83. The summed E-state index contributed by atoms with van der Waals surface area (Å²) in [5.74, 6) is -0.734. The molecule has 1 aliphatic rings. The first-order valence-electron chi connectivity index (χ1n) is 6.61. The van der Waals surface area contributed by atoms with Crippen LogP contribution in [0.1, 0.15) is 37.4 Å². The molecule has 1 fully saturated rings. The van der Waals surface area contributed by atoms with Crippen molar-refractivity contribution in [3.8, 4) is 0 Å². The van der Waals surface area contributed by atoms with Gasteiger partial charge in [0.25, 0.3) is 0 Å². The Morgan fingerprint density at radius 2 is 2.10 bits per heavy atom. The van der Waals surface area contributed by atoms with Gasteiger partial charge in [0, 0.05) is 6.26 Å². The molecule has 1 aromatic rings. The van der Waals surface area contributed by atoms with E-state index in [-0.39, 0.29) is 10.9 Å². The van der Waals surface area contributed by atoms with Gasteiger partial charge in [0.2, 0.25) is 0 Å². The van der Waals surface area contributed by atoms with Crippen molar-refractivity contribution in [3.63, 3.8) is 0 Å². The zero-order valence-electron chi connectivity index (χ0n) is 11.2. The number of hydrogen-bond donors (Lipinski definition) is 1. The van der Waals surface area contributed by atoms with Crippen molar-refractivity contribution >= 4 is 21.4 Å². The second-order valence-electron chi connectivity index (χ2n) is 5.50. The Morgan fingerprint density at radius 3 is 2.70 bits per heavy atom. The minimum absolute atomic E-state index is 0.0126. The molecule has 1 aromatic carbocycles. The van der Waals surface area contributed by atoms with Crippen LogP contribution in [0.4, 0.5) is 4.39 Å². The third-order valence-corrected chi connectivity index (χ3v) is 5.95. The lowest BCUT2D eigenvalue weighted by atomic mass is 9.82. The molecule has 0 aliphatic heterocycles. The molecule has 0 saturated heterocycles. The molecule has 1 N–H and O–H groups in total. The van der Waals surface area contributed by atoms with E-state index < -0.39 is 27.0 Å². The molecular weight excluding hydrogens is 303 g/mol. The summed E-state index contributed by atoms with van der Waals surface area (Å²) in [7, 11) is -3.10. The lowest BCUT2D eigenvalue weighted by Crippen LogP contribution is -2.30. The maximum Gasteiger partial charge on any atom is 0.150 e. The summed E-state index contributed by atoms with van der Waals surface area (Å²) in [5.41, 5.74) is 0.450. The summed E-state index contributed by atoms with van der Waals surface area (Å²) in [5, 5.41) is 9.94. The molecule has 0 aromatic heterocycles. The molecule has 0 radical (unpaired) electrons. The van der Waals surface area contributed by atoms with E-state index in [4.69, 9.17) is 11.6 Å². The van der Waals surface area contributed by atoms with Gasteiger partial charge < -0.3 is 5.11 Å². The second-order valence-corrected chi connectivity index (χ2v) is 8.23. The number of rotatable bonds is 3. The quantitative estimate of drug-likeness (QED) is 0.931. The molecular formula is C14H18ClFO3S. The fourth-order valence-corrected chi connectivity index (χ4v) is 4.13. The summed E-state index contributed by atoms with van der Waals surface area (Å²) in [4.78, 5) is 0. The van der Waals surface area contributed by atoms with Gasteiger partial charge in [-0.2, -0.15) is 0 Å². The Morgan fingerprint density at radius 1 is 1.40 bits per heavy atom. The van der Waals surface area contributed by atoms with Gasteiger partial charge in [0.15, 0.2) is 0 Å². The highest BCUT2D eigenvalue weighted by atomic mass is 35.5. The van der Waals surface area contributed by atoms with Crippen molar-refractivity contribution in [2.24, 2.45) is 5.92 Å². The topological polar surface area (TPSA) is 54.4 Å². The third-order valence-electron chi connectivity index (χ3n) is 4.00. The fraction of sp³-hybridized carbons (Fsp3) is 0.571. The maximum atomic E-state index is 13.4. The van der Waals surface area contributed by atoms with Crippen LogP contribution in [-0.2, 0) is 9.84 Å². The number of aliphatic hydroxyl groups excluding tert-OH is 1. The molecule has 1 saturated carbocycles. The largest absolute Gasteiger partial charge is 0.388 e. The molecule has 0 amide bonds. The first-order chi connectivity index (χ1) is 9.29. The minimum atomic E-state index is -3.10. The van der Waals surface area contributed by atoms with Crippen molar-refractivity contribution < 1.29 is 17.9 Å². The van der Waals surface area contributed by atoms with Gasteiger partial charge in [0.1, 0.15) is 15.7 Å². The van der Waals surface area contributed by atoms with Crippen LogP contribution in [0.3, 0.4) is 0 Å². The van der Waals surface area contributed by atoms with E-state index in [1.165, 1.54) is 18.4 Å². The summed E-state index contributed by atoms with van der Waals surface area (Å²) in [6.45, 7) is 0. The van der Waals surface area contributed by atoms with E-state index in [2.05, 4.69) is 0 Å². The Hall–Kier alpha value is -0.650. The maximum absolute atomic E-state index is 13.4. The number of aliphatic hydroxyl groups is 1. The molecule has 112 valence electrons. The van der Waals surface area contributed by atoms with Crippen molar-refractivity contribution in [1.82, 2.24) is 0 Å². The summed E-state index contributed by atoms with van der Waals surface area (Å²) in [6.07, 6.45) is 2.94. The number of hydrogen-bond acceptors (Lipinski definition) is 3. The summed E-state index contributed by atoms with van der Waals surface area (Å²) >= 11 is 5.62.